The van der Waals surface area contributed by atoms with Gasteiger partial charge in [0, 0.05) is 17.9 Å². The molecule has 2 aromatic rings. The Hall–Kier alpha value is -2.45. The van der Waals surface area contributed by atoms with E-state index in [0.29, 0.717) is 10.7 Å². The number of rotatable bonds is 4. The lowest BCUT2D eigenvalue weighted by atomic mass is 10.1. The number of carbonyl (C=O) groups excluding carboxylic acids is 2. The molecule has 0 radical (unpaired) electrons. The summed E-state index contributed by atoms with van der Waals surface area (Å²) in [5.74, 6) is -0.191. The zero-order chi connectivity index (χ0) is 17.5. The maximum atomic E-state index is 11.5. The van der Waals surface area contributed by atoms with E-state index in [1.807, 2.05) is 35.7 Å². The van der Waals surface area contributed by atoms with Gasteiger partial charge in [-0.2, -0.15) is 0 Å². The summed E-state index contributed by atoms with van der Waals surface area (Å²) in [6.07, 6.45) is -0.632. The minimum Gasteiger partial charge on any atom is -0.450 e. The summed E-state index contributed by atoms with van der Waals surface area (Å²) in [6, 6.07) is 9.66. The third kappa shape index (κ3) is 4.77. The van der Waals surface area contributed by atoms with Crippen molar-refractivity contribution in [2.24, 2.45) is 0 Å². The van der Waals surface area contributed by atoms with Crippen LogP contribution < -0.4 is 16.0 Å². The molecule has 0 aliphatic rings. The van der Waals surface area contributed by atoms with Gasteiger partial charge in [0.2, 0.25) is 5.91 Å². The number of benzene rings is 1. The molecule has 0 saturated heterocycles. The molecule has 0 saturated carbocycles. The van der Waals surface area contributed by atoms with E-state index in [9.17, 15) is 9.59 Å². The number of ether oxygens (including phenoxy) is 1. The Morgan fingerprint density at radius 3 is 2.54 bits per heavy atom. The van der Waals surface area contributed by atoms with Crippen molar-refractivity contribution in [2.45, 2.75) is 13.8 Å². The van der Waals surface area contributed by atoms with Gasteiger partial charge in [0.05, 0.1) is 12.3 Å². The van der Waals surface area contributed by atoms with Crippen LogP contribution in [0.15, 0.2) is 35.7 Å². The summed E-state index contributed by atoms with van der Waals surface area (Å²) in [5, 5.41) is 10.8. The second-order valence-corrected chi connectivity index (χ2v) is 5.99. The lowest BCUT2D eigenvalue weighted by Gasteiger charge is -2.13. The van der Waals surface area contributed by atoms with E-state index in [4.69, 9.17) is 17.0 Å². The highest BCUT2D eigenvalue weighted by molar-refractivity contribution is 7.80. The maximum Gasteiger partial charge on any atom is 0.413 e. The molecule has 1 aromatic heterocycles. The minimum atomic E-state index is -0.632. The Labute approximate surface area is 149 Å². The number of thiocarbonyl (C=S) groups is 1. The van der Waals surface area contributed by atoms with Crippen LogP contribution in [0.25, 0.3) is 11.1 Å². The number of hydrogen-bond acceptors (Lipinski definition) is 5. The number of hydrogen-bond donors (Lipinski definition) is 3. The highest BCUT2D eigenvalue weighted by Crippen LogP contribution is 2.40. The lowest BCUT2D eigenvalue weighted by molar-refractivity contribution is -0.114. The van der Waals surface area contributed by atoms with Crippen LogP contribution in [0.1, 0.15) is 13.8 Å². The number of thiophene rings is 1. The SMILES string of the molecule is CCOC(=O)NC(=S)Nc1c(-c2ccccc2)csc1NC(C)=O. The summed E-state index contributed by atoms with van der Waals surface area (Å²) in [6.45, 7) is 3.39. The minimum absolute atomic E-state index is 0.0932. The van der Waals surface area contributed by atoms with Crippen molar-refractivity contribution in [1.82, 2.24) is 5.32 Å². The first kappa shape index (κ1) is 17.9. The zero-order valence-electron chi connectivity index (χ0n) is 13.2. The second kappa shape index (κ2) is 8.42. The fourth-order valence-corrected chi connectivity index (χ4v) is 3.13. The van der Waals surface area contributed by atoms with Crippen LogP contribution in [-0.2, 0) is 9.53 Å². The number of nitrogens with one attached hydrogen (secondary N) is 3. The standard InChI is InChI=1S/C16H17N3O3S2/c1-3-22-16(21)19-15(23)18-13-12(11-7-5-4-6-8-11)9-24-14(13)17-10(2)20/h4-9H,3H2,1-2H3,(H,17,20)(H2,18,19,21,23). The van der Waals surface area contributed by atoms with Crippen LogP contribution in [0.4, 0.5) is 15.5 Å². The van der Waals surface area contributed by atoms with E-state index in [-0.39, 0.29) is 17.6 Å². The molecule has 0 aliphatic heterocycles. The molecule has 0 atom stereocenters. The zero-order valence-corrected chi connectivity index (χ0v) is 14.8. The average Bonchev–Trinajstić information content (AvgIpc) is 2.90. The summed E-state index contributed by atoms with van der Waals surface area (Å²) < 4.78 is 4.80. The first-order valence-corrected chi connectivity index (χ1v) is 8.49. The highest BCUT2D eigenvalue weighted by Gasteiger charge is 2.16. The molecule has 0 aliphatic carbocycles. The van der Waals surface area contributed by atoms with E-state index in [2.05, 4.69) is 16.0 Å². The molecular weight excluding hydrogens is 346 g/mol. The third-order valence-electron chi connectivity index (χ3n) is 2.89. The van der Waals surface area contributed by atoms with E-state index in [1.165, 1.54) is 18.3 Å². The first-order chi connectivity index (χ1) is 11.5. The Bertz CT molecular complexity index is 744. The van der Waals surface area contributed by atoms with Crippen LogP contribution in [0.5, 0.6) is 0 Å². The molecule has 6 nitrogen and oxygen atoms in total. The Kier molecular flexibility index (Phi) is 6.28. The number of carbonyl (C=O) groups is 2. The molecular formula is C16H17N3O3S2. The van der Waals surface area contributed by atoms with Crippen molar-refractivity contribution in [3.05, 3.63) is 35.7 Å². The van der Waals surface area contributed by atoms with Crippen molar-refractivity contribution in [3.8, 4) is 11.1 Å². The van der Waals surface area contributed by atoms with Gasteiger partial charge < -0.3 is 15.4 Å². The molecule has 1 heterocycles. The number of amides is 2. The predicted octanol–water partition coefficient (Wildman–Crippen LogP) is 3.82. The summed E-state index contributed by atoms with van der Waals surface area (Å²) in [7, 11) is 0. The van der Waals surface area contributed by atoms with Crippen LogP contribution in [0.2, 0.25) is 0 Å². The van der Waals surface area contributed by atoms with E-state index in [0.717, 1.165) is 11.1 Å². The molecule has 0 unspecified atom stereocenters. The fraction of sp³-hybridized carbons (Fsp3) is 0.188. The molecule has 126 valence electrons. The van der Waals surface area contributed by atoms with E-state index < -0.39 is 6.09 Å². The quantitative estimate of drug-likeness (QED) is 0.720. The fourth-order valence-electron chi connectivity index (χ4n) is 1.97. The number of anilines is 2. The molecule has 0 spiro atoms. The van der Waals surface area contributed by atoms with Crippen molar-refractivity contribution >= 4 is 51.4 Å². The lowest BCUT2D eigenvalue weighted by Crippen LogP contribution is -2.34. The maximum absolute atomic E-state index is 11.5. The summed E-state index contributed by atoms with van der Waals surface area (Å²) in [4.78, 5) is 22.9. The van der Waals surface area contributed by atoms with Gasteiger partial charge in [-0.1, -0.05) is 30.3 Å². The normalized spacial score (nSPS) is 9.92. The van der Waals surface area contributed by atoms with Crippen LogP contribution >= 0.6 is 23.6 Å². The monoisotopic (exact) mass is 363 g/mol. The smallest absolute Gasteiger partial charge is 0.413 e. The molecule has 3 N–H and O–H groups in total. The van der Waals surface area contributed by atoms with E-state index in [1.54, 1.807) is 6.92 Å². The van der Waals surface area contributed by atoms with Crippen molar-refractivity contribution in [2.75, 3.05) is 17.2 Å². The van der Waals surface area contributed by atoms with Gasteiger partial charge in [0.15, 0.2) is 5.11 Å². The Balaban J connectivity index is 2.28. The Morgan fingerprint density at radius 2 is 1.92 bits per heavy atom. The van der Waals surface area contributed by atoms with Crippen LogP contribution in [0.3, 0.4) is 0 Å². The van der Waals surface area contributed by atoms with Crippen molar-refractivity contribution in [1.29, 1.82) is 0 Å². The second-order valence-electron chi connectivity index (χ2n) is 4.70. The third-order valence-corrected chi connectivity index (χ3v) is 3.99. The molecule has 24 heavy (non-hydrogen) atoms. The first-order valence-electron chi connectivity index (χ1n) is 7.20. The Morgan fingerprint density at radius 1 is 1.21 bits per heavy atom. The van der Waals surface area contributed by atoms with Gasteiger partial charge in [-0.25, -0.2) is 4.79 Å². The largest absolute Gasteiger partial charge is 0.450 e. The van der Waals surface area contributed by atoms with Gasteiger partial charge in [0.1, 0.15) is 5.00 Å². The molecule has 2 amide bonds. The summed E-state index contributed by atoms with van der Waals surface area (Å²) in [5.41, 5.74) is 2.47. The molecule has 8 heteroatoms. The number of alkyl carbamates (subject to hydrolysis) is 1. The van der Waals surface area contributed by atoms with E-state index >= 15 is 0 Å². The highest BCUT2D eigenvalue weighted by atomic mass is 32.1. The van der Waals surface area contributed by atoms with Crippen LogP contribution in [0, 0.1) is 0 Å². The molecule has 2 rings (SSSR count). The van der Waals surface area contributed by atoms with Gasteiger partial charge in [-0.15, -0.1) is 11.3 Å². The van der Waals surface area contributed by atoms with Gasteiger partial charge >= 0.3 is 6.09 Å². The van der Waals surface area contributed by atoms with Gasteiger partial charge in [-0.05, 0) is 24.7 Å². The van der Waals surface area contributed by atoms with Crippen LogP contribution in [-0.4, -0.2) is 23.7 Å². The van der Waals surface area contributed by atoms with Gasteiger partial charge in [0.25, 0.3) is 0 Å². The molecule has 0 bridgehead atoms. The molecule has 0 fully saturated rings. The summed E-state index contributed by atoms with van der Waals surface area (Å²) >= 11 is 6.52. The van der Waals surface area contributed by atoms with Gasteiger partial charge in [-0.3, -0.25) is 10.1 Å². The van der Waals surface area contributed by atoms with Crippen molar-refractivity contribution < 1.29 is 14.3 Å². The topological polar surface area (TPSA) is 79.5 Å². The van der Waals surface area contributed by atoms with Crippen molar-refractivity contribution in [3.63, 3.8) is 0 Å². The average molecular weight is 363 g/mol. The molecule has 1 aromatic carbocycles. The predicted molar refractivity (Wildman–Crippen MR) is 100 cm³/mol.